The SMILES string of the molecule is NCC(c1ccc(N)cc1)N1CCC(C(=O)O)C1. The van der Waals surface area contributed by atoms with Crippen molar-refractivity contribution in [1.29, 1.82) is 0 Å². The van der Waals surface area contributed by atoms with Crippen LogP contribution in [0, 0.1) is 5.92 Å². The molecule has 5 heteroatoms. The van der Waals surface area contributed by atoms with Gasteiger partial charge in [0, 0.05) is 24.8 Å². The summed E-state index contributed by atoms with van der Waals surface area (Å²) in [5.74, 6) is -0.988. The fourth-order valence-corrected chi connectivity index (χ4v) is 2.49. The Kier molecular flexibility index (Phi) is 3.84. The predicted octanol–water partition coefficient (Wildman–Crippen LogP) is 0.675. The van der Waals surface area contributed by atoms with Gasteiger partial charge in [-0.3, -0.25) is 9.69 Å². The molecule has 1 heterocycles. The number of carboxylic acids is 1. The molecular weight excluding hydrogens is 230 g/mol. The summed E-state index contributed by atoms with van der Waals surface area (Å²) in [6.07, 6.45) is 0.695. The average Bonchev–Trinajstić information content (AvgIpc) is 2.82. The number of nitrogens with two attached hydrogens (primary N) is 2. The fourth-order valence-electron chi connectivity index (χ4n) is 2.49. The van der Waals surface area contributed by atoms with E-state index in [2.05, 4.69) is 4.90 Å². The highest BCUT2D eigenvalue weighted by Gasteiger charge is 2.32. The van der Waals surface area contributed by atoms with Crippen LogP contribution in [0.4, 0.5) is 5.69 Å². The molecule has 1 aliphatic rings. The molecule has 5 N–H and O–H groups in total. The molecule has 0 radical (unpaired) electrons. The summed E-state index contributed by atoms with van der Waals surface area (Å²) >= 11 is 0. The van der Waals surface area contributed by atoms with E-state index < -0.39 is 5.97 Å². The van der Waals surface area contributed by atoms with Crippen LogP contribution >= 0.6 is 0 Å². The molecule has 0 aromatic heterocycles. The quantitative estimate of drug-likeness (QED) is 0.682. The van der Waals surface area contributed by atoms with Gasteiger partial charge in [-0.1, -0.05) is 12.1 Å². The van der Waals surface area contributed by atoms with Crippen LogP contribution in [0.3, 0.4) is 0 Å². The summed E-state index contributed by atoms with van der Waals surface area (Å²) in [7, 11) is 0. The van der Waals surface area contributed by atoms with Gasteiger partial charge in [0.1, 0.15) is 0 Å². The molecule has 1 aromatic rings. The zero-order chi connectivity index (χ0) is 13.1. The van der Waals surface area contributed by atoms with E-state index in [0.29, 0.717) is 19.5 Å². The van der Waals surface area contributed by atoms with E-state index in [-0.39, 0.29) is 12.0 Å². The van der Waals surface area contributed by atoms with Crippen LogP contribution in [-0.2, 0) is 4.79 Å². The molecule has 1 fully saturated rings. The highest BCUT2D eigenvalue weighted by molar-refractivity contribution is 5.70. The summed E-state index contributed by atoms with van der Waals surface area (Å²) < 4.78 is 0. The number of nitrogens with zero attached hydrogens (tertiary/aromatic N) is 1. The van der Waals surface area contributed by atoms with Gasteiger partial charge in [0.25, 0.3) is 0 Å². The molecule has 2 unspecified atom stereocenters. The second-order valence-corrected chi connectivity index (χ2v) is 4.74. The topological polar surface area (TPSA) is 92.6 Å². The molecule has 98 valence electrons. The maximum Gasteiger partial charge on any atom is 0.307 e. The molecule has 18 heavy (non-hydrogen) atoms. The molecule has 2 atom stereocenters. The van der Waals surface area contributed by atoms with Crippen molar-refractivity contribution in [3.63, 3.8) is 0 Å². The lowest BCUT2D eigenvalue weighted by molar-refractivity contribution is -0.141. The Bertz CT molecular complexity index is 419. The van der Waals surface area contributed by atoms with E-state index >= 15 is 0 Å². The van der Waals surface area contributed by atoms with Crippen LogP contribution in [0.2, 0.25) is 0 Å². The Morgan fingerprint density at radius 3 is 2.61 bits per heavy atom. The molecule has 0 spiro atoms. The van der Waals surface area contributed by atoms with Gasteiger partial charge in [-0.05, 0) is 30.7 Å². The highest BCUT2D eigenvalue weighted by atomic mass is 16.4. The van der Waals surface area contributed by atoms with Gasteiger partial charge in [0.2, 0.25) is 0 Å². The molecule has 0 saturated carbocycles. The fraction of sp³-hybridized carbons (Fsp3) is 0.462. The van der Waals surface area contributed by atoms with Gasteiger partial charge in [-0.15, -0.1) is 0 Å². The van der Waals surface area contributed by atoms with Crippen molar-refractivity contribution in [2.24, 2.45) is 11.7 Å². The molecule has 0 bridgehead atoms. The highest BCUT2D eigenvalue weighted by Crippen LogP contribution is 2.27. The Labute approximate surface area is 106 Å². The van der Waals surface area contributed by atoms with Crippen molar-refractivity contribution in [3.05, 3.63) is 29.8 Å². The molecule has 0 amide bonds. The molecule has 0 aliphatic carbocycles. The van der Waals surface area contributed by atoms with E-state index in [0.717, 1.165) is 17.8 Å². The van der Waals surface area contributed by atoms with E-state index in [1.165, 1.54) is 0 Å². The minimum atomic E-state index is -0.717. The summed E-state index contributed by atoms with van der Waals surface area (Å²) in [5, 5.41) is 9.02. The second kappa shape index (κ2) is 5.37. The lowest BCUT2D eigenvalue weighted by atomic mass is 10.1. The van der Waals surface area contributed by atoms with Gasteiger partial charge >= 0.3 is 5.97 Å². The summed E-state index contributed by atoms with van der Waals surface area (Å²) in [4.78, 5) is 13.1. The van der Waals surface area contributed by atoms with Crippen LogP contribution in [0.1, 0.15) is 18.0 Å². The molecular formula is C13H19N3O2. The zero-order valence-electron chi connectivity index (χ0n) is 10.2. The molecule has 1 aromatic carbocycles. The van der Waals surface area contributed by atoms with E-state index in [4.69, 9.17) is 16.6 Å². The van der Waals surface area contributed by atoms with Gasteiger partial charge in [-0.25, -0.2) is 0 Å². The van der Waals surface area contributed by atoms with Crippen LogP contribution in [0.15, 0.2) is 24.3 Å². The van der Waals surface area contributed by atoms with Crippen molar-refractivity contribution < 1.29 is 9.90 Å². The number of hydrogen-bond donors (Lipinski definition) is 3. The van der Waals surface area contributed by atoms with E-state index in [1.54, 1.807) is 0 Å². The van der Waals surface area contributed by atoms with Crippen molar-refractivity contribution >= 4 is 11.7 Å². The van der Waals surface area contributed by atoms with Gasteiger partial charge in [-0.2, -0.15) is 0 Å². The molecule has 1 aliphatic heterocycles. The third-order valence-electron chi connectivity index (χ3n) is 3.55. The molecule has 1 saturated heterocycles. The Morgan fingerprint density at radius 1 is 1.44 bits per heavy atom. The van der Waals surface area contributed by atoms with Crippen LogP contribution in [0.25, 0.3) is 0 Å². The van der Waals surface area contributed by atoms with Crippen molar-refractivity contribution in [2.75, 3.05) is 25.4 Å². The van der Waals surface area contributed by atoms with Gasteiger partial charge in [0.05, 0.1) is 5.92 Å². The number of anilines is 1. The number of benzene rings is 1. The number of aliphatic carboxylic acids is 1. The van der Waals surface area contributed by atoms with E-state index in [1.807, 2.05) is 24.3 Å². The van der Waals surface area contributed by atoms with Crippen molar-refractivity contribution in [2.45, 2.75) is 12.5 Å². The maximum absolute atomic E-state index is 11.0. The predicted molar refractivity (Wildman–Crippen MR) is 70.0 cm³/mol. The first-order valence-electron chi connectivity index (χ1n) is 6.14. The number of nitrogen functional groups attached to an aromatic ring is 1. The van der Waals surface area contributed by atoms with Gasteiger partial charge in [0.15, 0.2) is 0 Å². The number of carboxylic acid groups (broad SMARTS) is 1. The summed E-state index contributed by atoms with van der Waals surface area (Å²) in [5.41, 5.74) is 13.3. The second-order valence-electron chi connectivity index (χ2n) is 4.74. The molecule has 2 rings (SSSR count). The monoisotopic (exact) mass is 249 g/mol. The first kappa shape index (κ1) is 12.9. The first-order valence-corrected chi connectivity index (χ1v) is 6.14. The number of hydrogen-bond acceptors (Lipinski definition) is 4. The normalized spacial score (nSPS) is 21.9. The maximum atomic E-state index is 11.0. The minimum Gasteiger partial charge on any atom is -0.481 e. The smallest absolute Gasteiger partial charge is 0.307 e. The minimum absolute atomic E-state index is 0.0787. The van der Waals surface area contributed by atoms with Crippen LogP contribution < -0.4 is 11.5 Å². The largest absolute Gasteiger partial charge is 0.481 e. The van der Waals surface area contributed by atoms with Crippen molar-refractivity contribution in [3.8, 4) is 0 Å². The van der Waals surface area contributed by atoms with E-state index in [9.17, 15) is 4.79 Å². The summed E-state index contributed by atoms with van der Waals surface area (Å²) in [6.45, 7) is 1.83. The Balaban J connectivity index is 2.10. The number of rotatable bonds is 4. The van der Waals surface area contributed by atoms with Gasteiger partial charge < -0.3 is 16.6 Å². The zero-order valence-corrected chi connectivity index (χ0v) is 10.2. The number of likely N-dealkylation sites (tertiary alicyclic amines) is 1. The number of carbonyl (C=O) groups is 1. The lowest BCUT2D eigenvalue weighted by Crippen LogP contribution is -2.32. The van der Waals surface area contributed by atoms with Crippen molar-refractivity contribution in [1.82, 2.24) is 4.90 Å². The third-order valence-corrected chi connectivity index (χ3v) is 3.55. The average molecular weight is 249 g/mol. The van der Waals surface area contributed by atoms with Crippen LogP contribution in [0.5, 0.6) is 0 Å². The Morgan fingerprint density at radius 2 is 2.11 bits per heavy atom. The first-order chi connectivity index (χ1) is 8.61. The molecule has 5 nitrogen and oxygen atoms in total. The third kappa shape index (κ3) is 2.63. The lowest BCUT2D eigenvalue weighted by Gasteiger charge is -2.26. The Hall–Kier alpha value is -1.59. The summed E-state index contributed by atoms with van der Waals surface area (Å²) in [6, 6.07) is 7.70. The standard InChI is InChI=1S/C13H19N3O2/c14-7-12(9-1-3-11(15)4-2-9)16-6-5-10(8-16)13(17)18/h1-4,10,12H,5-8,14-15H2,(H,17,18). The van der Waals surface area contributed by atoms with Crippen LogP contribution in [-0.4, -0.2) is 35.6 Å².